The topological polar surface area (TPSA) is 98.7 Å². The SMILES string of the molecule is CC(CN1CCCC1)NC(=O)NC(=O)/C=C/C(=O)O. The lowest BCUT2D eigenvalue weighted by Gasteiger charge is -2.20. The number of carboxylic acids is 1. The van der Waals surface area contributed by atoms with Gasteiger partial charge in [0.05, 0.1) is 0 Å². The van der Waals surface area contributed by atoms with Gasteiger partial charge in [-0.05, 0) is 32.9 Å². The monoisotopic (exact) mass is 269 g/mol. The van der Waals surface area contributed by atoms with Gasteiger partial charge in [-0.2, -0.15) is 0 Å². The number of rotatable bonds is 5. The van der Waals surface area contributed by atoms with Crippen LogP contribution in [0.1, 0.15) is 19.8 Å². The summed E-state index contributed by atoms with van der Waals surface area (Å²) in [6, 6.07) is -0.693. The highest BCUT2D eigenvalue weighted by Crippen LogP contribution is 2.07. The van der Waals surface area contributed by atoms with Crippen LogP contribution >= 0.6 is 0 Å². The molecular formula is C12H19N3O4. The van der Waals surface area contributed by atoms with E-state index in [1.54, 1.807) is 0 Å². The van der Waals surface area contributed by atoms with Gasteiger partial charge in [-0.25, -0.2) is 9.59 Å². The molecule has 106 valence electrons. The number of carboxylic acid groups (broad SMARTS) is 1. The van der Waals surface area contributed by atoms with Crippen LogP contribution in [0.4, 0.5) is 4.79 Å². The Bertz CT molecular complexity index is 375. The molecule has 0 aromatic carbocycles. The quantitative estimate of drug-likeness (QED) is 0.607. The predicted octanol–water partition coefficient (Wildman–Crippen LogP) is -0.0627. The molecule has 19 heavy (non-hydrogen) atoms. The van der Waals surface area contributed by atoms with Crippen LogP contribution in [0.25, 0.3) is 0 Å². The van der Waals surface area contributed by atoms with Gasteiger partial charge in [0.2, 0.25) is 0 Å². The Balaban J connectivity index is 2.25. The molecule has 1 aliphatic rings. The fraction of sp³-hybridized carbons (Fsp3) is 0.583. The zero-order valence-electron chi connectivity index (χ0n) is 10.9. The lowest BCUT2D eigenvalue weighted by Crippen LogP contribution is -2.47. The molecule has 1 aliphatic heterocycles. The van der Waals surface area contributed by atoms with Crippen LogP contribution in [-0.4, -0.2) is 53.6 Å². The minimum absolute atomic E-state index is 0.0747. The number of carbonyl (C=O) groups is 3. The molecule has 7 heteroatoms. The zero-order chi connectivity index (χ0) is 14.3. The van der Waals surface area contributed by atoms with E-state index in [1.807, 2.05) is 12.2 Å². The molecule has 1 rings (SSSR count). The van der Waals surface area contributed by atoms with Crippen LogP contribution in [0, 0.1) is 0 Å². The van der Waals surface area contributed by atoms with Gasteiger partial charge in [-0.1, -0.05) is 0 Å². The molecule has 1 unspecified atom stereocenters. The summed E-state index contributed by atoms with van der Waals surface area (Å²) in [6.45, 7) is 4.67. The molecule has 1 fully saturated rings. The molecule has 0 saturated carbocycles. The smallest absolute Gasteiger partial charge is 0.328 e. The largest absolute Gasteiger partial charge is 0.478 e. The highest BCUT2D eigenvalue weighted by molar-refractivity contribution is 6.02. The number of amides is 3. The molecule has 0 radical (unpaired) electrons. The number of nitrogens with zero attached hydrogens (tertiary/aromatic N) is 1. The molecular weight excluding hydrogens is 250 g/mol. The van der Waals surface area contributed by atoms with E-state index in [0.717, 1.165) is 25.7 Å². The van der Waals surface area contributed by atoms with Gasteiger partial charge in [-0.15, -0.1) is 0 Å². The summed E-state index contributed by atoms with van der Waals surface area (Å²) in [5.74, 6) is -1.99. The van der Waals surface area contributed by atoms with Gasteiger partial charge >= 0.3 is 12.0 Å². The summed E-state index contributed by atoms with van der Waals surface area (Å²) in [6.07, 6.45) is 3.83. The predicted molar refractivity (Wildman–Crippen MR) is 68.6 cm³/mol. The van der Waals surface area contributed by atoms with Crippen molar-refractivity contribution in [3.8, 4) is 0 Å². The number of nitrogens with one attached hydrogen (secondary N) is 2. The lowest BCUT2D eigenvalue weighted by molar-refractivity contribution is -0.131. The van der Waals surface area contributed by atoms with Crippen molar-refractivity contribution in [2.24, 2.45) is 0 Å². The summed E-state index contributed by atoms with van der Waals surface area (Å²) < 4.78 is 0. The molecule has 7 nitrogen and oxygen atoms in total. The van der Waals surface area contributed by atoms with Crippen molar-refractivity contribution in [2.75, 3.05) is 19.6 Å². The maximum absolute atomic E-state index is 11.4. The van der Waals surface area contributed by atoms with E-state index in [1.165, 1.54) is 12.8 Å². The molecule has 0 aromatic heterocycles. The van der Waals surface area contributed by atoms with Crippen molar-refractivity contribution in [1.82, 2.24) is 15.5 Å². The van der Waals surface area contributed by atoms with Crippen molar-refractivity contribution in [3.05, 3.63) is 12.2 Å². The first kappa shape index (κ1) is 15.2. The van der Waals surface area contributed by atoms with Crippen molar-refractivity contribution in [2.45, 2.75) is 25.8 Å². The van der Waals surface area contributed by atoms with E-state index in [4.69, 9.17) is 5.11 Å². The lowest BCUT2D eigenvalue weighted by atomic mass is 10.3. The van der Waals surface area contributed by atoms with Crippen LogP contribution in [-0.2, 0) is 9.59 Å². The normalized spacial score (nSPS) is 17.3. The Morgan fingerprint density at radius 2 is 1.89 bits per heavy atom. The maximum atomic E-state index is 11.4. The Hall–Kier alpha value is -1.89. The fourth-order valence-corrected chi connectivity index (χ4v) is 1.96. The zero-order valence-corrected chi connectivity index (χ0v) is 10.9. The molecule has 1 saturated heterocycles. The van der Waals surface area contributed by atoms with Gasteiger partial charge in [0.25, 0.3) is 5.91 Å². The van der Waals surface area contributed by atoms with E-state index in [2.05, 4.69) is 10.2 Å². The van der Waals surface area contributed by atoms with Crippen molar-refractivity contribution < 1.29 is 19.5 Å². The summed E-state index contributed by atoms with van der Waals surface area (Å²) in [5, 5.41) is 13.0. The average molecular weight is 269 g/mol. The highest BCUT2D eigenvalue weighted by Gasteiger charge is 2.16. The standard InChI is InChI=1S/C12H19N3O4/c1-9(8-15-6-2-3-7-15)13-12(19)14-10(16)4-5-11(17)18/h4-5,9H,2-3,6-8H2,1H3,(H,17,18)(H2,13,14,16,19)/b5-4+. The number of hydrogen-bond acceptors (Lipinski definition) is 4. The second-order valence-electron chi connectivity index (χ2n) is 4.54. The molecule has 0 spiro atoms. The van der Waals surface area contributed by atoms with Gasteiger partial charge in [-0.3, -0.25) is 10.1 Å². The number of likely N-dealkylation sites (tertiary alicyclic amines) is 1. The minimum atomic E-state index is -1.24. The third-order valence-corrected chi connectivity index (χ3v) is 2.72. The molecule has 0 aromatic rings. The molecule has 3 N–H and O–H groups in total. The van der Waals surface area contributed by atoms with Gasteiger partial charge < -0.3 is 15.3 Å². The third-order valence-electron chi connectivity index (χ3n) is 2.72. The molecule has 1 atom stereocenters. The van der Waals surface area contributed by atoms with Crippen LogP contribution in [0.5, 0.6) is 0 Å². The summed E-state index contributed by atoms with van der Waals surface area (Å²) in [5.41, 5.74) is 0. The van der Waals surface area contributed by atoms with Crippen molar-refractivity contribution in [1.29, 1.82) is 0 Å². The minimum Gasteiger partial charge on any atom is -0.478 e. The number of carbonyl (C=O) groups excluding carboxylic acids is 2. The third kappa shape index (κ3) is 6.56. The van der Waals surface area contributed by atoms with Crippen molar-refractivity contribution in [3.63, 3.8) is 0 Å². The molecule has 0 bridgehead atoms. The van der Waals surface area contributed by atoms with Crippen molar-refractivity contribution >= 4 is 17.9 Å². The van der Waals surface area contributed by atoms with E-state index in [-0.39, 0.29) is 6.04 Å². The number of hydrogen-bond donors (Lipinski definition) is 3. The van der Waals surface area contributed by atoms with Crippen LogP contribution < -0.4 is 10.6 Å². The van der Waals surface area contributed by atoms with Gasteiger partial charge in [0, 0.05) is 24.7 Å². The van der Waals surface area contributed by atoms with E-state index in [9.17, 15) is 14.4 Å². The van der Waals surface area contributed by atoms with E-state index < -0.39 is 17.9 Å². The fourth-order valence-electron chi connectivity index (χ4n) is 1.96. The first-order valence-corrected chi connectivity index (χ1v) is 6.22. The maximum Gasteiger partial charge on any atom is 0.328 e. The Labute approximate surface area is 111 Å². The first-order valence-electron chi connectivity index (χ1n) is 6.22. The summed E-state index contributed by atoms with van der Waals surface area (Å²) in [7, 11) is 0. The first-order chi connectivity index (χ1) is 8.97. The Morgan fingerprint density at radius 3 is 2.47 bits per heavy atom. The number of imide groups is 1. The summed E-state index contributed by atoms with van der Waals surface area (Å²) >= 11 is 0. The molecule has 1 heterocycles. The van der Waals surface area contributed by atoms with Gasteiger partial charge in [0.15, 0.2) is 0 Å². The molecule has 3 amide bonds. The van der Waals surface area contributed by atoms with E-state index >= 15 is 0 Å². The number of urea groups is 1. The van der Waals surface area contributed by atoms with Gasteiger partial charge in [0.1, 0.15) is 0 Å². The van der Waals surface area contributed by atoms with Crippen LogP contribution in [0.3, 0.4) is 0 Å². The van der Waals surface area contributed by atoms with Crippen LogP contribution in [0.15, 0.2) is 12.2 Å². The average Bonchev–Trinajstić information content (AvgIpc) is 2.78. The Morgan fingerprint density at radius 1 is 1.26 bits per heavy atom. The second-order valence-corrected chi connectivity index (χ2v) is 4.54. The molecule has 0 aliphatic carbocycles. The second kappa shape index (κ2) is 7.52. The Kier molecular flexibility index (Phi) is 6.01. The number of aliphatic carboxylic acids is 1. The highest BCUT2D eigenvalue weighted by atomic mass is 16.4. The summed E-state index contributed by atoms with van der Waals surface area (Å²) in [4.78, 5) is 35.0. The van der Waals surface area contributed by atoms with E-state index in [0.29, 0.717) is 6.08 Å². The van der Waals surface area contributed by atoms with Crippen LogP contribution in [0.2, 0.25) is 0 Å².